The third kappa shape index (κ3) is 4.35. The minimum atomic E-state index is -0.337. The van der Waals surface area contributed by atoms with Gasteiger partial charge in [0, 0.05) is 24.5 Å². The van der Waals surface area contributed by atoms with Crippen LogP contribution in [0.25, 0.3) is 0 Å². The minimum Gasteiger partial charge on any atom is -0.466 e. The largest absolute Gasteiger partial charge is 0.466 e. The van der Waals surface area contributed by atoms with Crippen molar-refractivity contribution >= 4 is 11.7 Å². The topological polar surface area (TPSA) is 63.0 Å². The molecule has 0 aliphatic rings. The summed E-state index contributed by atoms with van der Waals surface area (Å²) in [6, 6.07) is 3.67. The molecule has 15 heavy (non-hydrogen) atoms. The van der Waals surface area contributed by atoms with Crippen molar-refractivity contribution in [3.63, 3.8) is 0 Å². The molecule has 4 nitrogen and oxygen atoms in total. The molecular weight excluding hydrogens is 192 g/mol. The maximum absolute atomic E-state index is 11.1. The van der Waals surface area contributed by atoms with Crippen LogP contribution in [-0.4, -0.2) is 23.3 Å². The van der Waals surface area contributed by atoms with Gasteiger partial charge in [0.25, 0.3) is 0 Å². The van der Waals surface area contributed by atoms with Gasteiger partial charge in [-0.1, -0.05) is 0 Å². The Balaban J connectivity index is 2.40. The van der Waals surface area contributed by atoms with Crippen LogP contribution >= 0.6 is 0 Å². The summed E-state index contributed by atoms with van der Waals surface area (Å²) in [6.07, 6.45) is 3.89. The predicted molar refractivity (Wildman–Crippen MR) is 56.9 cm³/mol. The summed E-state index contributed by atoms with van der Waals surface area (Å²) < 4.78 is 4.76. The summed E-state index contributed by atoms with van der Waals surface area (Å²) in [4.78, 5) is 14.9. The molecule has 0 unspecified atom stereocenters. The fourth-order valence-electron chi connectivity index (χ4n) is 1.20. The summed E-state index contributed by atoms with van der Waals surface area (Å²) in [7, 11) is 0. The number of hydrogen-bond donors (Lipinski definition) is 1. The second kappa shape index (κ2) is 5.90. The first-order chi connectivity index (χ1) is 7.22. The van der Waals surface area contributed by atoms with Gasteiger partial charge in [-0.2, -0.15) is 0 Å². The highest BCUT2D eigenvalue weighted by Gasteiger charge is 2.07. The van der Waals surface area contributed by atoms with Crippen molar-refractivity contribution in [3.8, 4) is 0 Å². The quantitative estimate of drug-likeness (QED) is 0.588. The molecular formula is C11H14N2O2. The van der Waals surface area contributed by atoms with Crippen LogP contribution in [0.2, 0.25) is 0 Å². The van der Waals surface area contributed by atoms with Crippen molar-refractivity contribution in [2.24, 2.45) is 0 Å². The lowest BCUT2D eigenvalue weighted by Crippen LogP contribution is -2.12. The fraction of sp³-hybridized carbons (Fsp3) is 0.364. The Morgan fingerprint density at radius 3 is 2.73 bits per heavy atom. The van der Waals surface area contributed by atoms with Gasteiger partial charge in [0.15, 0.2) is 0 Å². The average Bonchev–Trinajstić information content (AvgIpc) is 2.19. The van der Waals surface area contributed by atoms with Crippen LogP contribution in [-0.2, 0) is 16.0 Å². The SMILES string of the molecule is CCOC(=O)CC(=N)Cc1ccncc1. The number of nitrogens with zero attached hydrogens (tertiary/aromatic N) is 1. The number of aromatic nitrogens is 1. The van der Waals surface area contributed by atoms with Crippen LogP contribution in [0.4, 0.5) is 0 Å². The maximum Gasteiger partial charge on any atom is 0.311 e. The number of pyridine rings is 1. The predicted octanol–water partition coefficient (Wildman–Crippen LogP) is 1.60. The zero-order valence-electron chi connectivity index (χ0n) is 8.69. The zero-order chi connectivity index (χ0) is 11.1. The first-order valence-corrected chi connectivity index (χ1v) is 4.83. The molecule has 1 heterocycles. The van der Waals surface area contributed by atoms with Crippen molar-refractivity contribution in [3.05, 3.63) is 30.1 Å². The number of ether oxygens (including phenoxy) is 1. The molecule has 0 amide bonds. The van der Waals surface area contributed by atoms with E-state index in [2.05, 4.69) is 4.98 Å². The summed E-state index contributed by atoms with van der Waals surface area (Å²) in [5.41, 5.74) is 1.35. The van der Waals surface area contributed by atoms with Crippen LogP contribution < -0.4 is 0 Å². The van der Waals surface area contributed by atoms with E-state index >= 15 is 0 Å². The summed E-state index contributed by atoms with van der Waals surface area (Å²) in [5.74, 6) is -0.337. The Kier molecular flexibility index (Phi) is 4.47. The van der Waals surface area contributed by atoms with Crippen molar-refractivity contribution in [1.29, 1.82) is 5.41 Å². The number of hydrogen-bond acceptors (Lipinski definition) is 4. The Morgan fingerprint density at radius 2 is 2.13 bits per heavy atom. The molecule has 0 aromatic carbocycles. The third-order valence-electron chi connectivity index (χ3n) is 1.83. The molecule has 0 bridgehead atoms. The molecule has 0 spiro atoms. The Labute approximate surface area is 88.8 Å². The molecule has 0 atom stereocenters. The van der Waals surface area contributed by atoms with Crippen molar-refractivity contribution in [2.75, 3.05) is 6.61 Å². The van der Waals surface area contributed by atoms with Crippen LogP contribution in [0.15, 0.2) is 24.5 Å². The maximum atomic E-state index is 11.1. The number of carbonyl (C=O) groups excluding carboxylic acids is 1. The Morgan fingerprint density at radius 1 is 1.47 bits per heavy atom. The highest BCUT2D eigenvalue weighted by Crippen LogP contribution is 2.01. The van der Waals surface area contributed by atoms with Gasteiger partial charge < -0.3 is 10.1 Å². The number of rotatable bonds is 5. The first kappa shape index (κ1) is 11.4. The highest BCUT2D eigenvalue weighted by atomic mass is 16.5. The monoisotopic (exact) mass is 206 g/mol. The molecule has 1 N–H and O–H groups in total. The van der Waals surface area contributed by atoms with E-state index in [9.17, 15) is 4.79 Å². The van der Waals surface area contributed by atoms with Gasteiger partial charge in [-0.3, -0.25) is 9.78 Å². The van der Waals surface area contributed by atoms with E-state index < -0.39 is 0 Å². The van der Waals surface area contributed by atoms with Crippen LogP contribution in [0, 0.1) is 5.41 Å². The average molecular weight is 206 g/mol. The highest BCUT2D eigenvalue weighted by molar-refractivity contribution is 5.98. The van der Waals surface area contributed by atoms with E-state index in [0.29, 0.717) is 18.7 Å². The molecule has 80 valence electrons. The van der Waals surface area contributed by atoms with Crippen molar-refractivity contribution in [2.45, 2.75) is 19.8 Å². The molecule has 0 saturated heterocycles. The lowest BCUT2D eigenvalue weighted by Gasteiger charge is -2.03. The fourth-order valence-corrected chi connectivity index (χ4v) is 1.20. The number of nitrogens with one attached hydrogen (secondary N) is 1. The van der Waals surface area contributed by atoms with Gasteiger partial charge in [-0.05, 0) is 24.6 Å². The van der Waals surface area contributed by atoms with Crippen LogP contribution in [0.5, 0.6) is 0 Å². The van der Waals surface area contributed by atoms with Gasteiger partial charge in [-0.15, -0.1) is 0 Å². The van der Waals surface area contributed by atoms with E-state index in [-0.39, 0.29) is 12.4 Å². The second-order valence-corrected chi connectivity index (χ2v) is 3.12. The van der Waals surface area contributed by atoms with Gasteiger partial charge >= 0.3 is 5.97 Å². The molecule has 1 aromatic rings. The Bertz CT molecular complexity index is 336. The lowest BCUT2D eigenvalue weighted by molar-refractivity contribution is -0.141. The van der Waals surface area contributed by atoms with E-state index in [1.807, 2.05) is 12.1 Å². The second-order valence-electron chi connectivity index (χ2n) is 3.12. The van der Waals surface area contributed by atoms with Gasteiger partial charge in [0.2, 0.25) is 0 Å². The molecule has 0 fully saturated rings. The minimum absolute atomic E-state index is 0.0656. The summed E-state index contributed by atoms with van der Waals surface area (Å²) in [6.45, 7) is 2.12. The molecule has 4 heteroatoms. The number of carbonyl (C=O) groups is 1. The zero-order valence-corrected chi connectivity index (χ0v) is 8.69. The number of esters is 1. The van der Waals surface area contributed by atoms with Crippen LogP contribution in [0.3, 0.4) is 0 Å². The van der Waals surface area contributed by atoms with E-state index in [1.54, 1.807) is 19.3 Å². The van der Waals surface area contributed by atoms with Crippen LogP contribution in [0.1, 0.15) is 18.9 Å². The first-order valence-electron chi connectivity index (χ1n) is 4.83. The van der Waals surface area contributed by atoms with Crippen molar-refractivity contribution in [1.82, 2.24) is 4.98 Å². The smallest absolute Gasteiger partial charge is 0.311 e. The van der Waals surface area contributed by atoms with Gasteiger partial charge in [0.05, 0.1) is 13.0 Å². The normalized spacial score (nSPS) is 9.67. The van der Waals surface area contributed by atoms with Gasteiger partial charge in [-0.25, -0.2) is 0 Å². The molecule has 1 rings (SSSR count). The van der Waals surface area contributed by atoms with E-state index in [4.69, 9.17) is 10.1 Å². The molecule has 0 aliphatic heterocycles. The molecule has 1 aromatic heterocycles. The third-order valence-corrected chi connectivity index (χ3v) is 1.83. The van der Waals surface area contributed by atoms with E-state index in [0.717, 1.165) is 5.56 Å². The summed E-state index contributed by atoms with van der Waals surface area (Å²) >= 11 is 0. The molecule has 0 radical (unpaired) electrons. The lowest BCUT2D eigenvalue weighted by atomic mass is 10.1. The standard InChI is InChI=1S/C11H14N2O2/c1-2-15-11(14)8-10(12)7-9-3-5-13-6-4-9/h3-6,12H,2,7-8H2,1H3. The Hall–Kier alpha value is -1.71. The van der Waals surface area contributed by atoms with Crippen molar-refractivity contribution < 1.29 is 9.53 Å². The van der Waals surface area contributed by atoms with Gasteiger partial charge in [0.1, 0.15) is 0 Å². The molecule has 0 aliphatic carbocycles. The van der Waals surface area contributed by atoms with E-state index in [1.165, 1.54) is 0 Å². The summed E-state index contributed by atoms with van der Waals surface area (Å²) in [5, 5.41) is 7.61. The molecule has 0 saturated carbocycles.